The number of carbonyl (C=O) groups is 3. The first kappa shape index (κ1) is 8.45. The zero-order valence-electron chi connectivity index (χ0n) is 6.42. The predicted octanol–water partition coefficient (Wildman–Crippen LogP) is -0.520. The third kappa shape index (κ3) is 1.69. The van der Waals surface area contributed by atoms with Crippen LogP contribution in [0.3, 0.4) is 0 Å². The molecule has 1 aliphatic rings. The maximum Gasteiger partial charge on any atom is 0.362 e. The summed E-state index contributed by atoms with van der Waals surface area (Å²) in [5.74, 6) is -1.87. The van der Waals surface area contributed by atoms with Crippen molar-refractivity contribution in [1.82, 2.24) is 5.32 Å². The van der Waals surface area contributed by atoms with Crippen LogP contribution < -0.4 is 5.32 Å². The molecule has 0 aromatic rings. The highest BCUT2D eigenvalue weighted by atomic mass is 16.6. The van der Waals surface area contributed by atoms with E-state index in [1.165, 1.54) is 0 Å². The summed E-state index contributed by atoms with van der Waals surface area (Å²) < 4.78 is 4.13. The van der Waals surface area contributed by atoms with E-state index in [0.29, 0.717) is 0 Å². The lowest BCUT2D eigenvalue weighted by Crippen LogP contribution is -2.24. The number of ether oxygens (including phenoxy) is 1. The van der Waals surface area contributed by atoms with Gasteiger partial charge in [-0.2, -0.15) is 0 Å². The molecule has 1 aliphatic heterocycles. The van der Waals surface area contributed by atoms with Crippen molar-refractivity contribution in [3.8, 4) is 0 Å². The molecule has 5 nitrogen and oxygen atoms in total. The summed E-state index contributed by atoms with van der Waals surface area (Å²) in [6, 6.07) is 0. The first-order valence-electron chi connectivity index (χ1n) is 3.41. The van der Waals surface area contributed by atoms with Crippen LogP contribution in [0.4, 0.5) is 0 Å². The minimum atomic E-state index is -0.804. The normalized spacial score (nSPS) is 15.6. The van der Waals surface area contributed by atoms with Gasteiger partial charge in [0.2, 0.25) is 5.91 Å². The minimum Gasteiger partial charge on any atom is -0.385 e. The molecule has 0 aromatic carbocycles. The second-order valence-electron chi connectivity index (χ2n) is 2.17. The topological polar surface area (TPSA) is 72.5 Å². The van der Waals surface area contributed by atoms with Gasteiger partial charge in [0.15, 0.2) is 0 Å². The predicted molar refractivity (Wildman–Crippen MR) is 37.6 cm³/mol. The molecule has 0 saturated heterocycles. The quantitative estimate of drug-likeness (QED) is 0.446. The number of carbonyl (C=O) groups excluding carboxylic acids is 3. The van der Waals surface area contributed by atoms with E-state index in [0.717, 1.165) is 6.08 Å². The lowest BCUT2D eigenvalue weighted by atomic mass is 10.4. The molecule has 0 spiro atoms. The van der Waals surface area contributed by atoms with Crippen LogP contribution in [0.15, 0.2) is 11.8 Å². The van der Waals surface area contributed by atoms with Crippen LogP contribution in [-0.2, 0) is 19.1 Å². The van der Waals surface area contributed by atoms with Crippen molar-refractivity contribution < 1.29 is 19.1 Å². The number of esters is 2. The molecule has 12 heavy (non-hydrogen) atoms. The van der Waals surface area contributed by atoms with Gasteiger partial charge in [-0.3, -0.25) is 4.79 Å². The molecule has 1 amide bonds. The van der Waals surface area contributed by atoms with E-state index in [2.05, 4.69) is 10.1 Å². The molecular weight excluding hydrogens is 162 g/mol. The third-order valence-corrected chi connectivity index (χ3v) is 1.27. The number of nitrogens with one attached hydrogen (secondary N) is 1. The molecule has 64 valence electrons. The monoisotopic (exact) mass is 169 g/mol. The fourth-order valence-electron chi connectivity index (χ4n) is 0.678. The summed E-state index contributed by atoms with van der Waals surface area (Å²) >= 11 is 0. The Bertz CT molecular complexity index is 279. The lowest BCUT2D eigenvalue weighted by molar-refractivity contribution is -0.151. The van der Waals surface area contributed by atoms with Crippen molar-refractivity contribution >= 4 is 17.8 Å². The van der Waals surface area contributed by atoms with E-state index in [-0.39, 0.29) is 18.0 Å². The van der Waals surface area contributed by atoms with Gasteiger partial charge in [-0.25, -0.2) is 9.59 Å². The van der Waals surface area contributed by atoms with Crippen molar-refractivity contribution in [2.75, 3.05) is 0 Å². The molecule has 0 unspecified atom stereocenters. The number of hydrogen-bond donors (Lipinski definition) is 1. The van der Waals surface area contributed by atoms with Crippen molar-refractivity contribution in [2.45, 2.75) is 13.3 Å². The molecule has 0 bridgehead atoms. The lowest BCUT2D eigenvalue weighted by Gasteiger charge is -1.98. The van der Waals surface area contributed by atoms with E-state index >= 15 is 0 Å². The Morgan fingerprint density at radius 2 is 2.25 bits per heavy atom. The Balaban J connectivity index is 2.64. The second kappa shape index (κ2) is 3.17. The van der Waals surface area contributed by atoms with Gasteiger partial charge in [0.25, 0.3) is 0 Å². The van der Waals surface area contributed by atoms with Crippen LogP contribution >= 0.6 is 0 Å². The zero-order chi connectivity index (χ0) is 9.14. The van der Waals surface area contributed by atoms with Gasteiger partial charge in [0, 0.05) is 6.42 Å². The molecule has 5 heteroatoms. The Morgan fingerprint density at radius 3 is 2.67 bits per heavy atom. The summed E-state index contributed by atoms with van der Waals surface area (Å²) in [6.07, 6.45) is 1.20. The van der Waals surface area contributed by atoms with Crippen LogP contribution in [0.25, 0.3) is 0 Å². The minimum absolute atomic E-state index is 0.0909. The third-order valence-electron chi connectivity index (χ3n) is 1.27. The first-order valence-corrected chi connectivity index (χ1v) is 3.41. The van der Waals surface area contributed by atoms with Crippen LogP contribution in [0.2, 0.25) is 0 Å². The van der Waals surface area contributed by atoms with Crippen molar-refractivity contribution in [1.29, 1.82) is 0 Å². The van der Waals surface area contributed by atoms with Gasteiger partial charge >= 0.3 is 11.9 Å². The van der Waals surface area contributed by atoms with Gasteiger partial charge in [0.05, 0.1) is 6.08 Å². The van der Waals surface area contributed by atoms with Gasteiger partial charge in [-0.1, -0.05) is 6.92 Å². The number of rotatable bonds is 2. The Kier molecular flexibility index (Phi) is 2.23. The first-order chi connectivity index (χ1) is 5.63. The second-order valence-corrected chi connectivity index (χ2v) is 2.17. The molecule has 0 aliphatic carbocycles. The molecular formula is C7H7NO4. The van der Waals surface area contributed by atoms with E-state index in [9.17, 15) is 14.4 Å². The van der Waals surface area contributed by atoms with E-state index in [4.69, 9.17) is 0 Å². The molecule has 0 atom stereocenters. The van der Waals surface area contributed by atoms with E-state index < -0.39 is 11.9 Å². The van der Waals surface area contributed by atoms with E-state index in [1.54, 1.807) is 6.92 Å². The van der Waals surface area contributed by atoms with Crippen LogP contribution in [-0.4, -0.2) is 17.8 Å². The maximum absolute atomic E-state index is 10.7. The van der Waals surface area contributed by atoms with Crippen LogP contribution in [0, 0.1) is 0 Å². The molecule has 0 radical (unpaired) electrons. The summed E-state index contributed by atoms with van der Waals surface area (Å²) in [7, 11) is 0. The smallest absolute Gasteiger partial charge is 0.362 e. The van der Waals surface area contributed by atoms with Crippen LogP contribution in [0.1, 0.15) is 13.3 Å². The van der Waals surface area contributed by atoms with Crippen LogP contribution in [0.5, 0.6) is 0 Å². The Hall–Kier alpha value is -1.65. The molecule has 1 heterocycles. The summed E-state index contributed by atoms with van der Waals surface area (Å²) in [5, 5.41) is 2.24. The molecule has 0 aromatic heterocycles. The molecule has 1 rings (SSSR count). The summed E-state index contributed by atoms with van der Waals surface area (Å²) in [6.45, 7) is 1.64. The van der Waals surface area contributed by atoms with Gasteiger partial charge in [-0.05, 0) is 0 Å². The summed E-state index contributed by atoms with van der Waals surface area (Å²) in [4.78, 5) is 31.9. The maximum atomic E-state index is 10.7. The Labute approximate surface area is 68.4 Å². The van der Waals surface area contributed by atoms with E-state index in [1.807, 2.05) is 0 Å². The molecule has 0 saturated carbocycles. The highest BCUT2D eigenvalue weighted by Gasteiger charge is 2.24. The zero-order valence-corrected chi connectivity index (χ0v) is 6.42. The number of cyclic esters (lactones) is 2. The van der Waals surface area contributed by atoms with Gasteiger partial charge in [0.1, 0.15) is 5.70 Å². The fourth-order valence-corrected chi connectivity index (χ4v) is 0.678. The molecule has 0 fully saturated rings. The highest BCUT2D eigenvalue weighted by Crippen LogP contribution is 2.04. The van der Waals surface area contributed by atoms with Crippen molar-refractivity contribution in [3.05, 3.63) is 11.8 Å². The average molecular weight is 169 g/mol. The fraction of sp³-hybridized carbons (Fsp3) is 0.286. The SMILES string of the molecule is CCC(=O)NC1=CC(=O)OC1=O. The van der Waals surface area contributed by atoms with Gasteiger partial charge < -0.3 is 10.1 Å². The number of amides is 1. The standard InChI is InChI=1S/C7H7NO4/c1-2-5(9)8-4-3-6(10)12-7(4)11/h3H,2H2,1H3,(H,8,9). The molecule has 1 N–H and O–H groups in total. The average Bonchev–Trinajstić information content (AvgIpc) is 2.30. The Morgan fingerprint density at radius 1 is 1.58 bits per heavy atom. The highest BCUT2D eigenvalue weighted by molar-refractivity contribution is 6.10. The van der Waals surface area contributed by atoms with Crippen molar-refractivity contribution in [3.63, 3.8) is 0 Å². The number of hydrogen-bond acceptors (Lipinski definition) is 4. The van der Waals surface area contributed by atoms with Gasteiger partial charge in [-0.15, -0.1) is 0 Å². The summed E-state index contributed by atoms with van der Waals surface area (Å²) in [5.41, 5.74) is -0.0909. The van der Waals surface area contributed by atoms with Crippen molar-refractivity contribution in [2.24, 2.45) is 0 Å². The largest absolute Gasteiger partial charge is 0.385 e.